The standard InChI is InChI=1S/C7H4Cl2N2S/c8-5-1-4(12-3-10)2-6(9)7(5)11/h1-2H,11H2. The molecule has 1 rings (SSSR count). The molecule has 0 spiro atoms. The van der Waals surface area contributed by atoms with Gasteiger partial charge in [-0.05, 0) is 23.9 Å². The van der Waals surface area contributed by atoms with E-state index in [2.05, 4.69) is 0 Å². The van der Waals surface area contributed by atoms with Crippen LogP contribution in [0.3, 0.4) is 0 Å². The topological polar surface area (TPSA) is 49.8 Å². The number of halogens is 2. The number of hydrogen-bond donors (Lipinski definition) is 1. The lowest BCUT2D eigenvalue weighted by Crippen LogP contribution is -1.87. The second kappa shape index (κ2) is 3.90. The van der Waals surface area contributed by atoms with Crippen LogP contribution in [0.15, 0.2) is 17.0 Å². The van der Waals surface area contributed by atoms with Crippen LogP contribution in [0, 0.1) is 10.7 Å². The summed E-state index contributed by atoms with van der Waals surface area (Å²) in [4.78, 5) is 0.696. The molecule has 0 aliphatic rings. The number of nitriles is 1. The number of anilines is 1. The first-order chi connectivity index (χ1) is 5.65. The molecule has 0 saturated heterocycles. The van der Waals surface area contributed by atoms with Gasteiger partial charge in [-0.25, -0.2) is 0 Å². The molecule has 0 amide bonds. The molecule has 2 nitrogen and oxygen atoms in total. The van der Waals surface area contributed by atoms with E-state index in [4.69, 9.17) is 34.2 Å². The average molecular weight is 219 g/mol. The van der Waals surface area contributed by atoms with Gasteiger partial charge in [0.1, 0.15) is 5.40 Å². The predicted octanol–water partition coefficient (Wildman–Crippen LogP) is 3.15. The number of nitrogens with two attached hydrogens (primary N) is 1. The van der Waals surface area contributed by atoms with Gasteiger partial charge in [-0.1, -0.05) is 23.2 Å². The number of thiocyanates is 1. The van der Waals surface area contributed by atoms with Crippen LogP contribution in [0.25, 0.3) is 0 Å². The van der Waals surface area contributed by atoms with Crippen LogP contribution in [0.5, 0.6) is 0 Å². The lowest BCUT2D eigenvalue weighted by Gasteiger charge is -2.01. The van der Waals surface area contributed by atoms with Crippen molar-refractivity contribution in [2.75, 3.05) is 5.73 Å². The molecule has 62 valence electrons. The van der Waals surface area contributed by atoms with Crippen molar-refractivity contribution in [3.8, 4) is 5.40 Å². The highest BCUT2D eigenvalue weighted by atomic mass is 35.5. The number of nitrogen functional groups attached to an aromatic ring is 1. The molecule has 0 unspecified atom stereocenters. The van der Waals surface area contributed by atoms with Crippen molar-refractivity contribution in [3.63, 3.8) is 0 Å². The third-order valence-corrected chi connectivity index (χ3v) is 2.40. The third kappa shape index (κ3) is 1.98. The van der Waals surface area contributed by atoms with E-state index in [0.29, 0.717) is 20.6 Å². The van der Waals surface area contributed by atoms with Gasteiger partial charge in [0.15, 0.2) is 0 Å². The Balaban J connectivity index is 3.14. The summed E-state index contributed by atoms with van der Waals surface area (Å²) in [7, 11) is 0. The smallest absolute Gasteiger partial charge is 0.138 e. The lowest BCUT2D eigenvalue weighted by atomic mass is 10.3. The van der Waals surface area contributed by atoms with Gasteiger partial charge < -0.3 is 5.73 Å². The minimum Gasteiger partial charge on any atom is -0.396 e. The van der Waals surface area contributed by atoms with Crippen molar-refractivity contribution in [2.45, 2.75) is 4.90 Å². The monoisotopic (exact) mass is 218 g/mol. The van der Waals surface area contributed by atoms with Crippen molar-refractivity contribution >= 4 is 40.7 Å². The number of thioether (sulfide) groups is 1. The van der Waals surface area contributed by atoms with E-state index >= 15 is 0 Å². The molecule has 1 aromatic carbocycles. The van der Waals surface area contributed by atoms with Gasteiger partial charge in [-0.2, -0.15) is 5.26 Å². The van der Waals surface area contributed by atoms with Crippen molar-refractivity contribution in [2.24, 2.45) is 0 Å². The first-order valence-corrected chi connectivity index (χ1v) is 4.53. The first kappa shape index (κ1) is 9.53. The van der Waals surface area contributed by atoms with Crippen LogP contribution in [0.2, 0.25) is 10.0 Å². The summed E-state index contributed by atoms with van der Waals surface area (Å²) < 4.78 is 0. The minimum absolute atomic E-state index is 0.348. The maximum atomic E-state index is 8.37. The fraction of sp³-hybridized carbons (Fsp3) is 0. The average Bonchev–Trinajstić information content (AvgIpc) is 2.01. The van der Waals surface area contributed by atoms with Crippen LogP contribution in [0.1, 0.15) is 0 Å². The molecule has 0 aliphatic heterocycles. The first-order valence-electron chi connectivity index (χ1n) is 2.95. The molecule has 0 fully saturated rings. The second-order valence-electron chi connectivity index (χ2n) is 1.99. The largest absolute Gasteiger partial charge is 0.396 e. The van der Waals surface area contributed by atoms with Crippen molar-refractivity contribution in [1.82, 2.24) is 0 Å². The SMILES string of the molecule is N#CSc1cc(Cl)c(N)c(Cl)c1. The van der Waals surface area contributed by atoms with Gasteiger partial charge >= 0.3 is 0 Å². The zero-order valence-electron chi connectivity index (χ0n) is 5.84. The Kier molecular flexibility index (Phi) is 3.10. The third-order valence-electron chi connectivity index (χ3n) is 1.22. The molecule has 0 bridgehead atoms. The molecule has 12 heavy (non-hydrogen) atoms. The highest BCUT2D eigenvalue weighted by Gasteiger charge is 2.04. The zero-order chi connectivity index (χ0) is 9.14. The Bertz CT molecular complexity index is 323. The Morgan fingerprint density at radius 2 is 1.83 bits per heavy atom. The van der Waals surface area contributed by atoms with Crippen LogP contribution in [-0.4, -0.2) is 0 Å². The number of benzene rings is 1. The Labute approximate surface area is 84.3 Å². The molecule has 0 aromatic heterocycles. The molecule has 0 radical (unpaired) electrons. The van der Waals surface area contributed by atoms with Crippen molar-refractivity contribution in [3.05, 3.63) is 22.2 Å². The van der Waals surface area contributed by atoms with Gasteiger partial charge in [0.05, 0.1) is 15.7 Å². The Morgan fingerprint density at radius 1 is 1.33 bits per heavy atom. The van der Waals surface area contributed by atoms with E-state index in [-0.39, 0.29) is 0 Å². The molecule has 1 aromatic rings. The van der Waals surface area contributed by atoms with Gasteiger partial charge in [0.25, 0.3) is 0 Å². The summed E-state index contributed by atoms with van der Waals surface area (Å²) in [5.41, 5.74) is 5.84. The molecular formula is C7H4Cl2N2S. The van der Waals surface area contributed by atoms with Crippen LogP contribution in [0.4, 0.5) is 5.69 Å². The number of rotatable bonds is 1. The summed E-state index contributed by atoms with van der Waals surface area (Å²) in [6, 6.07) is 3.22. The summed E-state index contributed by atoms with van der Waals surface area (Å²) in [6.07, 6.45) is 0. The molecule has 0 aliphatic carbocycles. The Hall–Kier alpha value is -0.560. The number of nitrogens with zero attached hydrogens (tertiary/aromatic N) is 1. The molecule has 2 N–H and O–H groups in total. The maximum Gasteiger partial charge on any atom is 0.138 e. The van der Waals surface area contributed by atoms with Crippen molar-refractivity contribution < 1.29 is 0 Å². The summed E-state index contributed by atoms with van der Waals surface area (Å²) in [5, 5.41) is 11.0. The van der Waals surface area contributed by atoms with E-state index in [1.807, 2.05) is 5.40 Å². The van der Waals surface area contributed by atoms with Gasteiger partial charge in [-0.15, -0.1) is 0 Å². The van der Waals surface area contributed by atoms with E-state index < -0.39 is 0 Å². The highest BCUT2D eigenvalue weighted by molar-refractivity contribution is 8.03. The fourth-order valence-corrected chi connectivity index (χ4v) is 1.75. The molecule has 0 heterocycles. The van der Waals surface area contributed by atoms with E-state index in [1.165, 1.54) is 0 Å². The van der Waals surface area contributed by atoms with Crippen LogP contribution >= 0.6 is 35.0 Å². The molecule has 0 saturated carbocycles. The molecule has 0 atom stereocenters. The summed E-state index contributed by atoms with van der Waals surface area (Å²) >= 11 is 12.4. The van der Waals surface area contributed by atoms with E-state index in [0.717, 1.165) is 11.8 Å². The maximum absolute atomic E-state index is 8.37. The summed E-state index contributed by atoms with van der Waals surface area (Å²) in [5.74, 6) is 0. The lowest BCUT2D eigenvalue weighted by molar-refractivity contribution is 1.47. The number of hydrogen-bond acceptors (Lipinski definition) is 3. The van der Waals surface area contributed by atoms with E-state index in [1.54, 1.807) is 12.1 Å². The molecule has 5 heteroatoms. The fourth-order valence-electron chi connectivity index (χ4n) is 0.673. The van der Waals surface area contributed by atoms with E-state index in [9.17, 15) is 0 Å². The predicted molar refractivity (Wildman–Crippen MR) is 52.3 cm³/mol. The second-order valence-corrected chi connectivity index (χ2v) is 3.67. The summed E-state index contributed by atoms with van der Waals surface area (Å²) in [6.45, 7) is 0. The normalized spacial score (nSPS) is 9.42. The highest BCUT2D eigenvalue weighted by Crippen LogP contribution is 2.32. The van der Waals surface area contributed by atoms with Gasteiger partial charge in [-0.3, -0.25) is 0 Å². The van der Waals surface area contributed by atoms with Crippen LogP contribution in [-0.2, 0) is 0 Å². The van der Waals surface area contributed by atoms with Crippen LogP contribution < -0.4 is 5.73 Å². The van der Waals surface area contributed by atoms with Gasteiger partial charge in [0.2, 0.25) is 0 Å². The molecular weight excluding hydrogens is 215 g/mol. The minimum atomic E-state index is 0.348. The van der Waals surface area contributed by atoms with Gasteiger partial charge in [0, 0.05) is 4.90 Å². The quantitative estimate of drug-likeness (QED) is 0.448. The Morgan fingerprint density at radius 3 is 2.25 bits per heavy atom. The van der Waals surface area contributed by atoms with Crippen molar-refractivity contribution in [1.29, 1.82) is 5.26 Å². The zero-order valence-corrected chi connectivity index (χ0v) is 8.17.